The molecule has 0 aliphatic carbocycles. The number of nitrogens with zero attached hydrogens (tertiary/aromatic N) is 3. The number of aromatic nitrogens is 2. The Kier molecular flexibility index (Phi) is 6.05. The van der Waals surface area contributed by atoms with Gasteiger partial charge in [-0.15, -0.1) is 0 Å². The van der Waals surface area contributed by atoms with E-state index in [1.807, 2.05) is 29.0 Å². The molecule has 0 amide bonds. The number of aliphatic hydroxyl groups is 1. The van der Waals surface area contributed by atoms with Crippen molar-refractivity contribution in [2.75, 3.05) is 4.31 Å². The minimum Gasteiger partial charge on any atom is -0.493 e. The van der Waals surface area contributed by atoms with Crippen LogP contribution < -0.4 is 9.03 Å². The summed E-state index contributed by atoms with van der Waals surface area (Å²) in [5, 5.41) is 9.72. The molecule has 0 unspecified atom stereocenters. The third-order valence-corrected chi connectivity index (χ3v) is 7.52. The molecule has 4 aromatic rings. The molecule has 0 saturated heterocycles. The van der Waals surface area contributed by atoms with Crippen molar-refractivity contribution in [3.8, 4) is 16.9 Å². The van der Waals surface area contributed by atoms with Gasteiger partial charge in [-0.2, -0.15) is 8.42 Å². The van der Waals surface area contributed by atoms with E-state index in [0.717, 1.165) is 26.6 Å². The second kappa shape index (κ2) is 9.07. The van der Waals surface area contributed by atoms with Crippen molar-refractivity contribution in [1.82, 2.24) is 14.3 Å². The van der Waals surface area contributed by atoms with Gasteiger partial charge in [0.1, 0.15) is 17.5 Å². The Hall–Kier alpha value is -3.70. The molecule has 7 nitrogen and oxygen atoms in total. The molecule has 3 aromatic carbocycles. The predicted octanol–water partition coefficient (Wildman–Crippen LogP) is 5.49. The molecule has 5 rings (SSSR count). The van der Waals surface area contributed by atoms with E-state index in [0.29, 0.717) is 34.9 Å². The minimum absolute atomic E-state index is 0.138. The number of imidazole rings is 1. The molecule has 0 radical (unpaired) electrons. The van der Waals surface area contributed by atoms with Gasteiger partial charge in [-0.1, -0.05) is 34.1 Å². The molecule has 0 bridgehead atoms. The number of nitrogens with one attached hydrogen (secondary N) is 1. The molecule has 0 spiro atoms. The van der Waals surface area contributed by atoms with Gasteiger partial charge < -0.3 is 9.67 Å². The minimum atomic E-state index is -3.99. The summed E-state index contributed by atoms with van der Waals surface area (Å²) in [6.45, 7) is 1.74. The lowest BCUT2D eigenvalue weighted by molar-refractivity contribution is 0.392. The topological polar surface area (TPSA) is 87.5 Å². The van der Waals surface area contributed by atoms with Crippen molar-refractivity contribution < 1.29 is 22.3 Å². The Labute approximate surface area is 214 Å². The van der Waals surface area contributed by atoms with Crippen LogP contribution in [0.15, 0.2) is 83.4 Å². The highest BCUT2D eigenvalue weighted by Crippen LogP contribution is 2.31. The van der Waals surface area contributed by atoms with Crippen LogP contribution >= 0.6 is 15.9 Å². The summed E-state index contributed by atoms with van der Waals surface area (Å²) in [4.78, 5) is 4.65. The Bertz CT molecular complexity index is 1620. The zero-order valence-corrected chi connectivity index (χ0v) is 21.2. The van der Waals surface area contributed by atoms with E-state index < -0.39 is 27.7 Å². The molecule has 11 heteroatoms. The largest absolute Gasteiger partial charge is 0.493 e. The van der Waals surface area contributed by atoms with Crippen LogP contribution in [0.3, 0.4) is 0 Å². The van der Waals surface area contributed by atoms with E-state index >= 15 is 0 Å². The van der Waals surface area contributed by atoms with Gasteiger partial charge in [0, 0.05) is 34.4 Å². The van der Waals surface area contributed by atoms with E-state index in [1.165, 1.54) is 12.1 Å². The monoisotopic (exact) mass is 572 g/mol. The van der Waals surface area contributed by atoms with Crippen molar-refractivity contribution >= 4 is 31.8 Å². The molecule has 2 N–H and O–H groups in total. The van der Waals surface area contributed by atoms with Crippen LogP contribution in [0.5, 0.6) is 0 Å². The summed E-state index contributed by atoms with van der Waals surface area (Å²) in [7, 11) is -3.99. The number of anilines is 1. The summed E-state index contributed by atoms with van der Waals surface area (Å²) in [5.41, 5.74) is 2.92. The molecule has 0 atom stereocenters. The Balaban J connectivity index is 1.65. The fourth-order valence-corrected chi connectivity index (χ4v) is 5.32. The number of benzene rings is 3. The molecule has 1 aromatic heterocycles. The van der Waals surface area contributed by atoms with Gasteiger partial charge in [0.15, 0.2) is 0 Å². The van der Waals surface area contributed by atoms with Gasteiger partial charge >= 0.3 is 10.2 Å². The lowest BCUT2D eigenvalue weighted by atomic mass is 10.1. The van der Waals surface area contributed by atoms with E-state index in [4.69, 9.17) is 0 Å². The van der Waals surface area contributed by atoms with Gasteiger partial charge in [0.05, 0.1) is 17.6 Å². The van der Waals surface area contributed by atoms with Gasteiger partial charge in [-0.05, 0) is 54.4 Å². The molecule has 1 aliphatic rings. The molecule has 36 heavy (non-hydrogen) atoms. The molecule has 184 valence electrons. The Morgan fingerprint density at radius 3 is 2.47 bits per heavy atom. The standard InChI is InChI=1S/C25H19BrF2N4O3S/c1-15-2-8-19(12-23(15)32-14-25(33)30-36(32,34)35)31-13-22(20-9-7-18(27)11-21(20)28)29-24(31)10-16-3-5-17(26)6-4-16/h2-9,11-14,30,33H,10H2,1H3. The fourth-order valence-electron chi connectivity index (χ4n) is 3.95. The van der Waals surface area contributed by atoms with Crippen molar-refractivity contribution in [3.05, 3.63) is 112 Å². The third kappa shape index (κ3) is 4.59. The van der Waals surface area contributed by atoms with Gasteiger partial charge in [0.2, 0.25) is 5.88 Å². The molecular formula is C25H19BrF2N4O3S. The lowest BCUT2D eigenvalue weighted by Gasteiger charge is -2.18. The van der Waals surface area contributed by atoms with Crippen LogP contribution in [0.4, 0.5) is 14.5 Å². The number of hydrogen-bond acceptors (Lipinski definition) is 4. The maximum absolute atomic E-state index is 14.6. The number of rotatable bonds is 5. The quantitative estimate of drug-likeness (QED) is 0.331. The summed E-state index contributed by atoms with van der Waals surface area (Å²) < 4.78 is 58.7. The van der Waals surface area contributed by atoms with Crippen LogP contribution in [0.1, 0.15) is 17.0 Å². The normalized spacial score (nSPS) is 14.6. The summed E-state index contributed by atoms with van der Waals surface area (Å²) in [6.07, 6.45) is 3.10. The van der Waals surface area contributed by atoms with E-state index in [2.05, 4.69) is 20.9 Å². The SMILES string of the molecule is Cc1ccc(-n2cc(-c3ccc(F)cc3F)nc2Cc2ccc(Br)cc2)cc1N1C=C(O)NS1(=O)=O. The first kappa shape index (κ1) is 24.0. The highest BCUT2D eigenvalue weighted by Gasteiger charge is 2.30. The average molecular weight is 573 g/mol. The van der Waals surface area contributed by atoms with Crippen LogP contribution in [0.25, 0.3) is 16.9 Å². The first-order valence-electron chi connectivity index (χ1n) is 10.7. The molecular weight excluding hydrogens is 554 g/mol. The average Bonchev–Trinajstić information content (AvgIpc) is 3.34. The number of aryl methyl sites for hydroxylation is 1. The Morgan fingerprint density at radius 2 is 1.81 bits per heavy atom. The van der Waals surface area contributed by atoms with Crippen LogP contribution in [0, 0.1) is 18.6 Å². The van der Waals surface area contributed by atoms with E-state index in [1.54, 1.807) is 35.9 Å². The van der Waals surface area contributed by atoms with Crippen molar-refractivity contribution in [2.24, 2.45) is 0 Å². The first-order chi connectivity index (χ1) is 17.1. The maximum Gasteiger partial charge on any atom is 0.330 e. The number of hydrogen-bond donors (Lipinski definition) is 2. The van der Waals surface area contributed by atoms with E-state index in [9.17, 15) is 22.3 Å². The first-order valence-corrected chi connectivity index (χ1v) is 13.0. The summed E-state index contributed by atoms with van der Waals surface area (Å²) >= 11 is 3.42. The number of halogens is 3. The number of aliphatic hydroxyl groups excluding tert-OH is 1. The van der Waals surface area contributed by atoms with Gasteiger partial charge in [-0.25, -0.2) is 22.8 Å². The van der Waals surface area contributed by atoms with Crippen molar-refractivity contribution in [1.29, 1.82) is 0 Å². The highest BCUT2D eigenvalue weighted by molar-refractivity contribution is 9.10. The van der Waals surface area contributed by atoms with Crippen LogP contribution in [-0.2, 0) is 16.6 Å². The van der Waals surface area contributed by atoms with Crippen LogP contribution in [-0.4, -0.2) is 23.1 Å². The van der Waals surface area contributed by atoms with Crippen LogP contribution in [0.2, 0.25) is 0 Å². The maximum atomic E-state index is 14.6. The van der Waals surface area contributed by atoms with E-state index in [-0.39, 0.29) is 5.56 Å². The van der Waals surface area contributed by atoms with Crippen molar-refractivity contribution in [2.45, 2.75) is 13.3 Å². The molecule has 0 saturated carbocycles. The molecule has 1 aliphatic heterocycles. The highest BCUT2D eigenvalue weighted by atomic mass is 79.9. The predicted molar refractivity (Wildman–Crippen MR) is 136 cm³/mol. The summed E-state index contributed by atoms with van der Waals surface area (Å²) in [5.74, 6) is -1.36. The molecule has 0 fully saturated rings. The Morgan fingerprint density at radius 1 is 1.06 bits per heavy atom. The zero-order chi connectivity index (χ0) is 25.6. The lowest BCUT2D eigenvalue weighted by Crippen LogP contribution is -2.30. The second-order valence-corrected chi connectivity index (χ2v) is 10.7. The van der Waals surface area contributed by atoms with Gasteiger partial charge in [0.25, 0.3) is 0 Å². The van der Waals surface area contributed by atoms with Crippen molar-refractivity contribution in [3.63, 3.8) is 0 Å². The second-order valence-electron chi connectivity index (χ2n) is 8.23. The molecule has 2 heterocycles. The zero-order valence-electron chi connectivity index (χ0n) is 18.8. The summed E-state index contributed by atoms with van der Waals surface area (Å²) in [6, 6.07) is 16.1. The van der Waals surface area contributed by atoms with Gasteiger partial charge in [-0.3, -0.25) is 0 Å². The fraction of sp³-hybridized carbons (Fsp3) is 0.0800. The third-order valence-electron chi connectivity index (χ3n) is 5.70. The smallest absolute Gasteiger partial charge is 0.330 e.